The highest BCUT2D eigenvalue weighted by atomic mass is 35.5. The van der Waals surface area contributed by atoms with Gasteiger partial charge in [-0.05, 0) is 50.4 Å². The summed E-state index contributed by atoms with van der Waals surface area (Å²) in [4.78, 5) is 13.6. The van der Waals surface area contributed by atoms with Gasteiger partial charge in [-0.15, -0.1) is 0 Å². The smallest absolute Gasteiger partial charge is 0.351 e. The number of anilines is 3. The number of rotatable bonds is 5. The van der Waals surface area contributed by atoms with E-state index in [9.17, 15) is 13.2 Å². The van der Waals surface area contributed by atoms with Gasteiger partial charge in [0.2, 0.25) is 11.9 Å². The van der Waals surface area contributed by atoms with Crippen molar-refractivity contribution < 1.29 is 13.2 Å². The average Bonchev–Trinajstić information content (AvgIpc) is 3.30. The van der Waals surface area contributed by atoms with Crippen molar-refractivity contribution in [2.45, 2.75) is 43.9 Å². The minimum Gasteiger partial charge on any atom is -0.351 e. The molecule has 1 saturated heterocycles. The molecule has 2 aliphatic rings. The molecule has 2 aromatic heterocycles. The molecule has 31 heavy (non-hydrogen) atoms. The van der Waals surface area contributed by atoms with E-state index in [0.29, 0.717) is 29.1 Å². The van der Waals surface area contributed by atoms with Gasteiger partial charge in [-0.25, -0.2) is 9.97 Å². The summed E-state index contributed by atoms with van der Waals surface area (Å²) in [5.41, 5.74) is 0.611. The number of fused-ring (bicyclic) bond motifs is 1. The molecular formula is C20H21ClF3N7. The molecule has 0 radical (unpaired) electrons. The maximum absolute atomic E-state index is 13.2. The fourth-order valence-corrected chi connectivity index (χ4v) is 4.18. The Hall–Kier alpha value is -2.59. The third-order valence-corrected chi connectivity index (χ3v) is 5.97. The van der Waals surface area contributed by atoms with E-state index >= 15 is 0 Å². The van der Waals surface area contributed by atoms with Crippen molar-refractivity contribution in [2.75, 3.05) is 23.7 Å². The van der Waals surface area contributed by atoms with Crippen molar-refractivity contribution in [1.29, 1.82) is 0 Å². The highest BCUT2D eigenvalue weighted by Crippen LogP contribution is 2.35. The molecule has 0 amide bonds. The molecule has 5 rings (SSSR count). The highest BCUT2D eigenvalue weighted by Gasteiger charge is 2.31. The predicted molar refractivity (Wildman–Crippen MR) is 113 cm³/mol. The molecule has 3 heterocycles. The maximum Gasteiger partial charge on any atom is 0.416 e. The van der Waals surface area contributed by atoms with E-state index in [4.69, 9.17) is 11.6 Å². The summed E-state index contributed by atoms with van der Waals surface area (Å²) in [6, 6.07) is 3.83. The lowest BCUT2D eigenvalue weighted by Gasteiger charge is -2.26. The summed E-state index contributed by atoms with van der Waals surface area (Å²) in [7, 11) is 0. The van der Waals surface area contributed by atoms with Crippen LogP contribution >= 0.6 is 11.6 Å². The minimum atomic E-state index is -4.50. The Morgan fingerprint density at radius 3 is 2.65 bits per heavy atom. The first-order valence-corrected chi connectivity index (χ1v) is 10.6. The molecule has 7 nitrogen and oxygen atoms in total. The Kier molecular flexibility index (Phi) is 5.13. The fourth-order valence-electron chi connectivity index (χ4n) is 3.94. The monoisotopic (exact) mass is 451 g/mol. The number of hydrogen-bond acceptors (Lipinski definition) is 6. The van der Waals surface area contributed by atoms with Crippen molar-refractivity contribution in [3.8, 4) is 0 Å². The highest BCUT2D eigenvalue weighted by molar-refractivity contribution is 6.31. The number of hydrogen-bond donors (Lipinski definition) is 3. The van der Waals surface area contributed by atoms with Crippen molar-refractivity contribution in [1.82, 2.24) is 24.8 Å². The topological polar surface area (TPSA) is 79.7 Å². The lowest BCUT2D eigenvalue weighted by atomic mass is 9.93. The van der Waals surface area contributed by atoms with Crippen LogP contribution in [0.1, 0.15) is 37.3 Å². The van der Waals surface area contributed by atoms with Gasteiger partial charge in [-0.1, -0.05) is 11.6 Å². The largest absolute Gasteiger partial charge is 0.416 e. The Morgan fingerprint density at radius 1 is 1.13 bits per heavy atom. The number of benzene rings is 1. The SMILES string of the molecule is FC(F)(F)c1cc(Cl)cc(Nc2nc3cnc(NC4CCC4)nc3n2[C@H]2CCNC2)c1. The second kappa shape index (κ2) is 7.83. The number of nitrogens with one attached hydrogen (secondary N) is 3. The number of nitrogens with zero attached hydrogens (tertiary/aromatic N) is 4. The molecule has 1 aromatic carbocycles. The average molecular weight is 452 g/mol. The van der Waals surface area contributed by atoms with Gasteiger partial charge >= 0.3 is 6.18 Å². The van der Waals surface area contributed by atoms with Crippen LogP contribution in [-0.2, 0) is 6.18 Å². The van der Waals surface area contributed by atoms with Crippen molar-refractivity contribution in [3.63, 3.8) is 0 Å². The molecule has 1 atom stereocenters. The molecular weight excluding hydrogens is 431 g/mol. The van der Waals surface area contributed by atoms with Gasteiger partial charge < -0.3 is 16.0 Å². The van der Waals surface area contributed by atoms with E-state index in [0.717, 1.165) is 44.5 Å². The minimum absolute atomic E-state index is 0.00528. The summed E-state index contributed by atoms with van der Waals surface area (Å²) in [6.45, 7) is 1.57. The normalized spacial score (nSPS) is 19.5. The summed E-state index contributed by atoms with van der Waals surface area (Å²) in [5, 5.41) is 9.67. The van der Waals surface area contributed by atoms with Crippen molar-refractivity contribution in [3.05, 3.63) is 35.0 Å². The number of aromatic nitrogens is 4. The Morgan fingerprint density at radius 2 is 1.97 bits per heavy atom. The number of alkyl halides is 3. The molecule has 164 valence electrons. The van der Waals surface area contributed by atoms with Crippen LogP contribution in [0.2, 0.25) is 5.02 Å². The van der Waals surface area contributed by atoms with Crippen LogP contribution in [0.5, 0.6) is 0 Å². The molecule has 1 aliphatic heterocycles. The van der Waals surface area contributed by atoms with E-state index in [1.807, 2.05) is 4.57 Å². The fraction of sp³-hybridized carbons (Fsp3) is 0.450. The second-order valence-corrected chi connectivity index (χ2v) is 8.41. The zero-order valence-corrected chi connectivity index (χ0v) is 17.3. The van der Waals surface area contributed by atoms with E-state index in [2.05, 4.69) is 30.9 Å². The van der Waals surface area contributed by atoms with Gasteiger partial charge in [0.15, 0.2) is 5.65 Å². The van der Waals surface area contributed by atoms with Crippen molar-refractivity contribution >= 4 is 40.3 Å². The first-order valence-electron chi connectivity index (χ1n) is 10.2. The standard InChI is InChI=1S/C20H21ClF3N7/c21-12-6-11(20(22,23)24)7-14(8-12)28-19-29-16-10-26-18(27-13-2-1-3-13)30-17(16)31(19)15-4-5-25-9-15/h6-8,10,13,15,25H,1-5,9H2,(H,28,29)(H,26,27,30)/t15-/m0/s1. The van der Waals surface area contributed by atoms with Crippen LogP contribution in [0.3, 0.4) is 0 Å². The van der Waals surface area contributed by atoms with Gasteiger partial charge in [-0.3, -0.25) is 4.57 Å². The molecule has 3 aromatic rings. The van der Waals surface area contributed by atoms with Crippen LogP contribution < -0.4 is 16.0 Å². The maximum atomic E-state index is 13.2. The lowest BCUT2D eigenvalue weighted by Crippen LogP contribution is -2.28. The molecule has 1 aliphatic carbocycles. The third kappa shape index (κ3) is 4.14. The van der Waals surface area contributed by atoms with Gasteiger partial charge in [0, 0.05) is 23.3 Å². The van der Waals surface area contributed by atoms with Gasteiger partial charge in [0.25, 0.3) is 0 Å². The number of halogens is 4. The van der Waals surface area contributed by atoms with Gasteiger partial charge in [0.05, 0.1) is 17.8 Å². The van der Waals surface area contributed by atoms with E-state index in [-0.39, 0.29) is 16.8 Å². The molecule has 0 bridgehead atoms. The Balaban J connectivity index is 1.54. The van der Waals surface area contributed by atoms with Crippen LogP contribution in [0.4, 0.5) is 30.8 Å². The van der Waals surface area contributed by atoms with Gasteiger partial charge in [0.1, 0.15) is 5.52 Å². The molecule has 3 N–H and O–H groups in total. The van der Waals surface area contributed by atoms with Crippen LogP contribution in [0.15, 0.2) is 24.4 Å². The number of imidazole rings is 1. The zero-order valence-electron chi connectivity index (χ0n) is 16.5. The lowest BCUT2D eigenvalue weighted by molar-refractivity contribution is -0.137. The first-order chi connectivity index (χ1) is 14.9. The van der Waals surface area contributed by atoms with Crippen LogP contribution in [0, 0.1) is 0 Å². The quantitative estimate of drug-likeness (QED) is 0.520. The summed E-state index contributed by atoms with van der Waals surface area (Å²) in [5.74, 6) is 0.951. The first kappa shape index (κ1) is 20.3. The Labute approximate surface area is 181 Å². The second-order valence-electron chi connectivity index (χ2n) is 7.98. The van der Waals surface area contributed by atoms with E-state index < -0.39 is 11.7 Å². The Bertz CT molecular complexity index is 1100. The summed E-state index contributed by atoms with van der Waals surface area (Å²) >= 11 is 5.95. The van der Waals surface area contributed by atoms with E-state index in [1.54, 1.807) is 6.20 Å². The van der Waals surface area contributed by atoms with Gasteiger partial charge in [-0.2, -0.15) is 18.2 Å². The zero-order chi connectivity index (χ0) is 21.6. The summed E-state index contributed by atoms with van der Waals surface area (Å²) < 4.78 is 41.6. The molecule has 0 spiro atoms. The molecule has 11 heteroatoms. The van der Waals surface area contributed by atoms with Crippen LogP contribution in [-0.4, -0.2) is 38.7 Å². The van der Waals surface area contributed by atoms with Crippen molar-refractivity contribution in [2.24, 2.45) is 0 Å². The molecule has 0 unspecified atom stereocenters. The van der Waals surface area contributed by atoms with E-state index in [1.165, 1.54) is 12.5 Å². The summed E-state index contributed by atoms with van der Waals surface area (Å²) in [6.07, 6.45) is 1.39. The van der Waals surface area contributed by atoms with Crippen LogP contribution in [0.25, 0.3) is 11.2 Å². The predicted octanol–water partition coefficient (Wildman–Crippen LogP) is 4.74. The molecule has 2 fully saturated rings. The third-order valence-electron chi connectivity index (χ3n) is 5.75. The molecule has 1 saturated carbocycles.